The van der Waals surface area contributed by atoms with Crippen molar-refractivity contribution in [1.82, 2.24) is 0 Å². The minimum atomic E-state index is -3.52. The van der Waals surface area contributed by atoms with Crippen LogP contribution >= 0.6 is 0 Å². The number of allylic oxidation sites excluding steroid dienone is 1. The largest absolute Gasteiger partial charge is 0.494 e. The quantitative estimate of drug-likeness (QED) is 0.657. The lowest BCUT2D eigenvalue weighted by atomic mass is 9.78. The molecule has 1 aliphatic rings. The van der Waals surface area contributed by atoms with Crippen LogP contribution in [0.5, 0.6) is 0 Å². The van der Waals surface area contributed by atoms with E-state index in [1.807, 2.05) is 58.9 Å². The summed E-state index contributed by atoms with van der Waals surface area (Å²) in [6.07, 6.45) is 0.368. The first kappa shape index (κ1) is 21.8. The fourth-order valence-corrected chi connectivity index (χ4v) is 4.61. The highest BCUT2D eigenvalue weighted by molar-refractivity contribution is 7.95. The average molecular weight is 412 g/mol. The van der Waals surface area contributed by atoms with Crippen LogP contribution in [0.3, 0.4) is 0 Å². The van der Waals surface area contributed by atoms with Gasteiger partial charge in [-0.25, -0.2) is 8.42 Å². The maximum atomic E-state index is 12.7. The van der Waals surface area contributed by atoms with E-state index in [-0.39, 0.29) is 26.9 Å². The van der Waals surface area contributed by atoms with Crippen molar-refractivity contribution >= 4 is 22.4 Å². The van der Waals surface area contributed by atoms with Crippen LogP contribution in [0.15, 0.2) is 71.0 Å². The Kier molecular flexibility index (Phi) is 5.83. The zero-order valence-corrected chi connectivity index (χ0v) is 18.6. The molecule has 2 aromatic rings. The molecule has 0 aromatic heterocycles. The number of sulfone groups is 1. The standard InChI is InChI=1S/C23H29BO4S/c1-17(16-18(2)29(25,26)21-10-8-7-9-11-21)19-12-14-20(15-13-19)24-27-22(3,4)23(5,6)28-24/h7-15,17H,2,16H2,1,3-6H3. The highest BCUT2D eigenvalue weighted by atomic mass is 32.2. The molecule has 29 heavy (non-hydrogen) atoms. The molecule has 6 heteroatoms. The lowest BCUT2D eigenvalue weighted by Crippen LogP contribution is -2.41. The number of rotatable bonds is 6. The van der Waals surface area contributed by atoms with E-state index >= 15 is 0 Å². The molecular weight excluding hydrogens is 383 g/mol. The second-order valence-corrected chi connectivity index (χ2v) is 10.8. The third-order valence-electron chi connectivity index (χ3n) is 6.00. The molecule has 1 saturated heterocycles. The summed E-state index contributed by atoms with van der Waals surface area (Å²) in [7, 11) is -3.93. The van der Waals surface area contributed by atoms with Gasteiger partial charge in [0.25, 0.3) is 0 Å². The van der Waals surface area contributed by atoms with Gasteiger partial charge in [-0.05, 0) is 63.2 Å². The van der Waals surface area contributed by atoms with E-state index < -0.39 is 17.0 Å². The van der Waals surface area contributed by atoms with Crippen molar-refractivity contribution in [1.29, 1.82) is 0 Å². The Balaban J connectivity index is 1.70. The van der Waals surface area contributed by atoms with Crippen LogP contribution in [0.25, 0.3) is 0 Å². The third-order valence-corrected chi connectivity index (χ3v) is 7.82. The van der Waals surface area contributed by atoms with Crippen LogP contribution in [0.4, 0.5) is 0 Å². The van der Waals surface area contributed by atoms with Crippen LogP contribution in [0, 0.1) is 0 Å². The first-order valence-electron chi connectivity index (χ1n) is 9.87. The molecule has 3 rings (SSSR count). The predicted octanol–water partition coefficient (Wildman–Crippen LogP) is 4.47. The van der Waals surface area contributed by atoms with E-state index in [2.05, 4.69) is 6.58 Å². The fourth-order valence-electron chi connectivity index (χ4n) is 3.30. The average Bonchev–Trinajstić information content (AvgIpc) is 2.90. The normalized spacial score (nSPS) is 19.1. The van der Waals surface area contributed by atoms with Gasteiger partial charge in [-0.1, -0.05) is 56.0 Å². The zero-order valence-electron chi connectivity index (χ0n) is 17.8. The Morgan fingerprint density at radius 2 is 1.48 bits per heavy atom. The summed E-state index contributed by atoms with van der Waals surface area (Å²) < 4.78 is 37.6. The van der Waals surface area contributed by atoms with Crippen LogP contribution < -0.4 is 5.46 Å². The zero-order chi connectivity index (χ0) is 21.4. The van der Waals surface area contributed by atoms with Gasteiger partial charge in [-0.3, -0.25) is 0 Å². The Labute approximate surface area is 175 Å². The molecular formula is C23H29BO4S. The molecule has 0 amide bonds. The third kappa shape index (κ3) is 4.35. The number of benzene rings is 2. The number of hydrogen-bond acceptors (Lipinski definition) is 4. The highest BCUT2D eigenvalue weighted by Gasteiger charge is 2.51. The van der Waals surface area contributed by atoms with E-state index in [1.165, 1.54) is 0 Å². The van der Waals surface area contributed by atoms with Gasteiger partial charge in [0.05, 0.1) is 16.1 Å². The fraction of sp³-hybridized carbons (Fsp3) is 0.391. The summed E-state index contributed by atoms with van der Waals surface area (Å²) >= 11 is 0. The van der Waals surface area contributed by atoms with Crippen molar-refractivity contribution in [3.8, 4) is 0 Å². The van der Waals surface area contributed by atoms with Crippen LogP contribution in [0.1, 0.15) is 52.5 Å². The minimum absolute atomic E-state index is 0.0216. The Bertz CT molecular complexity index is 963. The molecule has 2 aromatic carbocycles. The Hall–Kier alpha value is -1.89. The van der Waals surface area contributed by atoms with Crippen molar-refractivity contribution in [3.63, 3.8) is 0 Å². The summed E-state index contributed by atoms with van der Waals surface area (Å²) in [4.78, 5) is 0.513. The topological polar surface area (TPSA) is 52.6 Å². The molecule has 0 N–H and O–H groups in total. The van der Waals surface area contributed by atoms with Gasteiger partial charge in [-0.2, -0.15) is 0 Å². The van der Waals surface area contributed by atoms with Crippen LogP contribution in [-0.2, 0) is 19.1 Å². The molecule has 154 valence electrons. The molecule has 1 heterocycles. The van der Waals surface area contributed by atoms with Crippen molar-refractivity contribution < 1.29 is 17.7 Å². The van der Waals surface area contributed by atoms with Crippen molar-refractivity contribution in [3.05, 3.63) is 71.6 Å². The van der Waals surface area contributed by atoms with Gasteiger partial charge in [0.15, 0.2) is 0 Å². The summed E-state index contributed by atoms with van der Waals surface area (Å²) in [5, 5.41) is 0. The van der Waals surface area contributed by atoms with Gasteiger partial charge in [0, 0.05) is 4.91 Å². The van der Waals surface area contributed by atoms with Crippen molar-refractivity contribution in [2.45, 2.75) is 63.1 Å². The summed E-state index contributed by atoms with van der Waals surface area (Å²) in [6, 6.07) is 16.4. The monoisotopic (exact) mass is 412 g/mol. The molecule has 1 aliphatic heterocycles. The van der Waals surface area contributed by atoms with Gasteiger partial charge in [0.2, 0.25) is 9.84 Å². The minimum Gasteiger partial charge on any atom is -0.399 e. The van der Waals surface area contributed by atoms with Crippen molar-refractivity contribution in [2.24, 2.45) is 0 Å². The van der Waals surface area contributed by atoms with Crippen molar-refractivity contribution in [2.75, 3.05) is 0 Å². The molecule has 1 unspecified atom stereocenters. The molecule has 0 aliphatic carbocycles. The number of hydrogen-bond donors (Lipinski definition) is 0. The van der Waals surface area contributed by atoms with Crippen LogP contribution in [-0.4, -0.2) is 26.7 Å². The van der Waals surface area contributed by atoms with Gasteiger partial charge < -0.3 is 9.31 Å². The molecule has 0 radical (unpaired) electrons. The lowest BCUT2D eigenvalue weighted by molar-refractivity contribution is 0.00578. The smallest absolute Gasteiger partial charge is 0.399 e. The molecule has 4 nitrogen and oxygen atoms in total. The highest BCUT2D eigenvalue weighted by Crippen LogP contribution is 2.36. The molecule has 0 spiro atoms. The second kappa shape index (κ2) is 7.75. The van der Waals surface area contributed by atoms with E-state index in [0.717, 1.165) is 11.0 Å². The van der Waals surface area contributed by atoms with Gasteiger partial charge in [0.1, 0.15) is 0 Å². The second-order valence-electron chi connectivity index (χ2n) is 8.72. The summed E-state index contributed by atoms with van der Waals surface area (Å²) in [5.74, 6) is 0.0216. The van der Waals surface area contributed by atoms with E-state index in [1.54, 1.807) is 30.3 Å². The van der Waals surface area contributed by atoms with E-state index in [0.29, 0.717) is 6.42 Å². The van der Waals surface area contributed by atoms with Crippen LogP contribution in [0.2, 0.25) is 0 Å². The summed E-state index contributed by atoms with van der Waals surface area (Å²) in [6.45, 7) is 14.0. The summed E-state index contributed by atoms with van der Waals surface area (Å²) in [5.41, 5.74) is 1.24. The Morgan fingerprint density at radius 1 is 0.966 bits per heavy atom. The molecule has 1 fully saturated rings. The molecule has 1 atom stereocenters. The predicted molar refractivity (Wildman–Crippen MR) is 118 cm³/mol. The maximum Gasteiger partial charge on any atom is 0.494 e. The first-order valence-corrected chi connectivity index (χ1v) is 11.4. The molecule has 0 saturated carbocycles. The van der Waals surface area contributed by atoms with E-state index in [4.69, 9.17) is 9.31 Å². The van der Waals surface area contributed by atoms with Gasteiger partial charge >= 0.3 is 7.12 Å². The lowest BCUT2D eigenvalue weighted by Gasteiger charge is -2.32. The van der Waals surface area contributed by atoms with Gasteiger partial charge in [-0.15, -0.1) is 0 Å². The Morgan fingerprint density at radius 3 is 2.00 bits per heavy atom. The SMILES string of the molecule is C=C(CC(C)c1ccc(B2OC(C)(C)C(C)(C)O2)cc1)S(=O)(=O)c1ccccc1. The van der Waals surface area contributed by atoms with E-state index in [9.17, 15) is 8.42 Å². The first-order chi connectivity index (χ1) is 13.4. The molecule has 0 bridgehead atoms. The maximum absolute atomic E-state index is 12.7.